The molecule has 0 fully saturated rings. The van der Waals surface area contributed by atoms with Crippen LogP contribution < -0.4 is 16.9 Å². The minimum Gasteiger partial charge on any atom is -0.480 e. The Morgan fingerprint density at radius 2 is 2.00 bits per heavy atom. The lowest BCUT2D eigenvalue weighted by Gasteiger charge is -2.03. The first kappa shape index (κ1) is 18.9. The van der Waals surface area contributed by atoms with Crippen molar-refractivity contribution in [3.8, 4) is 0 Å². The number of halogens is 2. The van der Waals surface area contributed by atoms with Gasteiger partial charge in [0.05, 0.1) is 0 Å². The van der Waals surface area contributed by atoms with Crippen LogP contribution in [0.5, 0.6) is 0 Å². The zero-order valence-corrected chi connectivity index (χ0v) is 8.85. The van der Waals surface area contributed by atoms with E-state index in [9.17, 15) is 4.79 Å². The summed E-state index contributed by atoms with van der Waals surface area (Å²) < 4.78 is 0. The van der Waals surface area contributed by atoms with Gasteiger partial charge in [0.15, 0.2) is 0 Å². The number of aliphatic carboxylic acids is 1. The maximum atomic E-state index is 10.2. The van der Waals surface area contributed by atoms with Crippen LogP contribution in [0.15, 0.2) is 4.99 Å². The summed E-state index contributed by atoms with van der Waals surface area (Å²) in [6, 6.07) is -0.944. The average molecular weight is 249 g/mol. The van der Waals surface area contributed by atoms with E-state index in [0.717, 1.165) is 0 Å². The SMILES string of the molecule is Cl.Cl.NC(=NCC[C@H](N)C(=O)O)NO. The number of carboxylic acid groups (broad SMARTS) is 1. The first-order chi connectivity index (χ1) is 5.57. The lowest BCUT2D eigenvalue weighted by atomic mass is 10.2. The molecule has 0 saturated carbocycles. The third kappa shape index (κ3) is 9.33. The van der Waals surface area contributed by atoms with Crippen molar-refractivity contribution in [2.24, 2.45) is 16.5 Å². The maximum Gasteiger partial charge on any atom is 0.320 e. The topological polar surface area (TPSA) is 134 Å². The van der Waals surface area contributed by atoms with Crippen molar-refractivity contribution >= 4 is 36.7 Å². The van der Waals surface area contributed by atoms with Gasteiger partial charge in [-0.05, 0) is 6.42 Å². The molecular formula is C5H14Cl2N4O3. The van der Waals surface area contributed by atoms with E-state index >= 15 is 0 Å². The molecule has 1 atom stereocenters. The molecule has 0 heterocycles. The monoisotopic (exact) mass is 248 g/mol. The van der Waals surface area contributed by atoms with E-state index in [1.54, 1.807) is 5.48 Å². The standard InChI is InChI=1S/C5H12N4O3.2ClH/c6-3(4(10)11)1-2-8-5(7)9-12;;/h3,12H,1-2,6H2,(H,10,11)(H3,7,8,9);2*1H/t3-;;/m0../s1. The van der Waals surface area contributed by atoms with Crippen LogP contribution in [0.3, 0.4) is 0 Å². The largest absolute Gasteiger partial charge is 0.480 e. The van der Waals surface area contributed by atoms with Gasteiger partial charge in [0.1, 0.15) is 6.04 Å². The van der Waals surface area contributed by atoms with E-state index in [0.29, 0.717) is 0 Å². The Morgan fingerprint density at radius 3 is 2.36 bits per heavy atom. The summed E-state index contributed by atoms with van der Waals surface area (Å²) in [5, 5.41) is 16.5. The van der Waals surface area contributed by atoms with Gasteiger partial charge in [-0.2, -0.15) is 0 Å². The molecule has 0 rings (SSSR count). The molecule has 0 aromatic heterocycles. The summed E-state index contributed by atoms with van der Waals surface area (Å²) in [4.78, 5) is 13.7. The number of guanidine groups is 1. The number of hydrogen-bond donors (Lipinski definition) is 5. The van der Waals surface area contributed by atoms with E-state index in [1.807, 2.05) is 0 Å². The van der Waals surface area contributed by atoms with Crippen molar-refractivity contribution in [3.63, 3.8) is 0 Å². The van der Waals surface area contributed by atoms with Crippen LogP contribution in [0.1, 0.15) is 6.42 Å². The molecule has 14 heavy (non-hydrogen) atoms. The van der Waals surface area contributed by atoms with Gasteiger partial charge in [-0.3, -0.25) is 15.0 Å². The van der Waals surface area contributed by atoms with E-state index in [2.05, 4.69) is 4.99 Å². The second kappa shape index (κ2) is 10.3. The number of carboxylic acids is 1. The molecule has 0 radical (unpaired) electrons. The fourth-order valence-electron chi connectivity index (χ4n) is 0.483. The molecule has 7 N–H and O–H groups in total. The van der Waals surface area contributed by atoms with Gasteiger partial charge in [-0.1, -0.05) is 0 Å². The van der Waals surface area contributed by atoms with E-state index in [1.165, 1.54) is 0 Å². The van der Waals surface area contributed by atoms with Crippen LogP contribution in [-0.4, -0.2) is 34.8 Å². The number of carbonyl (C=O) groups is 1. The molecule has 0 saturated heterocycles. The predicted octanol–water partition coefficient (Wildman–Crippen LogP) is -1.07. The molecule has 86 valence electrons. The lowest BCUT2D eigenvalue weighted by Crippen LogP contribution is -2.32. The summed E-state index contributed by atoms with van der Waals surface area (Å²) in [6.45, 7) is 0.160. The molecule has 0 amide bonds. The number of rotatable bonds is 4. The molecule has 0 aliphatic carbocycles. The molecule has 0 aliphatic heterocycles. The van der Waals surface area contributed by atoms with Crippen molar-refractivity contribution in [1.82, 2.24) is 5.48 Å². The zero-order chi connectivity index (χ0) is 9.56. The smallest absolute Gasteiger partial charge is 0.320 e. The van der Waals surface area contributed by atoms with Crippen LogP contribution in [0.25, 0.3) is 0 Å². The quantitative estimate of drug-likeness (QED) is 0.244. The lowest BCUT2D eigenvalue weighted by molar-refractivity contribution is -0.138. The van der Waals surface area contributed by atoms with Gasteiger partial charge in [0.2, 0.25) is 5.96 Å². The normalized spacial score (nSPS) is 12.0. The minimum absolute atomic E-state index is 0. The molecular weight excluding hydrogens is 235 g/mol. The summed E-state index contributed by atoms with van der Waals surface area (Å²) in [5.74, 6) is -1.24. The van der Waals surface area contributed by atoms with Crippen molar-refractivity contribution < 1.29 is 15.1 Å². The Hall–Kier alpha value is -0.760. The second-order valence-electron chi connectivity index (χ2n) is 2.11. The summed E-state index contributed by atoms with van der Waals surface area (Å²) in [6.07, 6.45) is 0.178. The summed E-state index contributed by atoms with van der Waals surface area (Å²) >= 11 is 0. The average Bonchev–Trinajstić information content (AvgIpc) is 2.03. The van der Waals surface area contributed by atoms with E-state index < -0.39 is 12.0 Å². The van der Waals surface area contributed by atoms with E-state index in [-0.39, 0.29) is 43.7 Å². The maximum absolute atomic E-state index is 10.2. The number of hydroxylamine groups is 1. The molecule has 0 aromatic rings. The van der Waals surface area contributed by atoms with Crippen molar-refractivity contribution in [2.75, 3.05) is 6.54 Å². The third-order valence-corrected chi connectivity index (χ3v) is 1.15. The van der Waals surface area contributed by atoms with Crippen molar-refractivity contribution in [3.05, 3.63) is 0 Å². The van der Waals surface area contributed by atoms with Crippen LogP contribution in [0.4, 0.5) is 0 Å². The number of nitrogens with zero attached hydrogens (tertiary/aromatic N) is 1. The van der Waals surface area contributed by atoms with Crippen LogP contribution in [0, 0.1) is 0 Å². The fraction of sp³-hybridized carbons (Fsp3) is 0.600. The van der Waals surface area contributed by atoms with Gasteiger partial charge in [0, 0.05) is 6.54 Å². The number of hydrogen-bond acceptors (Lipinski definition) is 4. The van der Waals surface area contributed by atoms with Crippen LogP contribution >= 0.6 is 24.8 Å². The van der Waals surface area contributed by atoms with Crippen molar-refractivity contribution in [2.45, 2.75) is 12.5 Å². The van der Waals surface area contributed by atoms with Gasteiger partial charge < -0.3 is 16.6 Å². The molecule has 0 bridgehead atoms. The van der Waals surface area contributed by atoms with Gasteiger partial charge in [-0.25, -0.2) is 5.48 Å². The fourth-order valence-corrected chi connectivity index (χ4v) is 0.483. The summed E-state index contributed by atoms with van der Waals surface area (Å²) in [7, 11) is 0. The Morgan fingerprint density at radius 1 is 1.50 bits per heavy atom. The Balaban J connectivity index is -0.000000605. The Bertz CT molecular complexity index is 190. The van der Waals surface area contributed by atoms with Crippen LogP contribution in [-0.2, 0) is 4.79 Å². The van der Waals surface area contributed by atoms with Gasteiger partial charge >= 0.3 is 5.97 Å². The first-order valence-corrected chi connectivity index (χ1v) is 3.26. The highest BCUT2D eigenvalue weighted by atomic mass is 35.5. The highest BCUT2D eigenvalue weighted by Crippen LogP contribution is 1.88. The number of nitrogens with one attached hydrogen (secondary N) is 1. The Kier molecular flexibility index (Phi) is 13.9. The third-order valence-electron chi connectivity index (χ3n) is 1.15. The first-order valence-electron chi connectivity index (χ1n) is 3.26. The number of aliphatic imine (C=N–C) groups is 1. The second-order valence-corrected chi connectivity index (χ2v) is 2.11. The zero-order valence-electron chi connectivity index (χ0n) is 7.21. The van der Waals surface area contributed by atoms with Gasteiger partial charge in [0.25, 0.3) is 0 Å². The number of nitrogens with two attached hydrogens (primary N) is 2. The van der Waals surface area contributed by atoms with Crippen LogP contribution in [0.2, 0.25) is 0 Å². The predicted molar refractivity (Wildman–Crippen MR) is 56.1 cm³/mol. The molecule has 7 nitrogen and oxygen atoms in total. The van der Waals surface area contributed by atoms with Gasteiger partial charge in [-0.15, -0.1) is 24.8 Å². The highest BCUT2D eigenvalue weighted by Gasteiger charge is 2.09. The molecule has 0 spiro atoms. The molecule has 0 aromatic carbocycles. The molecule has 0 aliphatic rings. The highest BCUT2D eigenvalue weighted by molar-refractivity contribution is 5.85. The molecule has 0 unspecified atom stereocenters. The summed E-state index contributed by atoms with van der Waals surface area (Å²) in [5.41, 5.74) is 11.8. The molecule has 9 heteroatoms. The van der Waals surface area contributed by atoms with E-state index in [4.69, 9.17) is 21.8 Å². The Labute approximate surface area is 93.3 Å². The minimum atomic E-state index is -1.08. The van der Waals surface area contributed by atoms with Crippen molar-refractivity contribution in [1.29, 1.82) is 0 Å².